The summed E-state index contributed by atoms with van der Waals surface area (Å²) in [6.07, 6.45) is 0.845. The summed E-state index contributed by atoms with van der Waals surface area (Å²) in [4.78, 5) is 9.33. The third-order valence-corrected chi connectivity index (χ3v) is 7.31. The molecule has 0 amide bonds. The highest BCUT2D eigenvalue weighted by molar-refractivity contribution is 6.63. The number of ether oxygens (including phenoxy) is 4. The quantitative estimate of drug-likeness (QED) is 0.423. The molecule has 1 aromatic heterocycles. The van der Waals surface area contributed by atoms with Gasteiger partial charge in [-0.05, 0) is 39.8 Å². The van der Waals surface area contributed by atoms with Crippen LogP contribution in [0.3, 0.4) is 0 Å². The highest BCUT2D eigenvalue weighted by Gasteiger charge is 2.53. The number of methoxy groups -OCH3 is 4. The van der Waals surface area contributed by atoms with Gasteiger partial charge in [-0.15, -0.1) is 0 Å². The lowest BCUT2D eigenvalue weighted by molar-refractivity contribution is 0.00578. The number of nitrogens with two attached hydrogens (primary N) is 1. The van der Waals surface area contributed by atoms with Crippen LogP contribution in [-0.2, 0) is 22.2 Å². The summed E-state index contributed by atoms with van der Waals surface area (Å²) in [6.45, 7) is 8.07. The number of rotatable bonds is 9. The van der Waals surface area contributed by atoms with Crippen molar-refractivity contribution in [2.24, 2.45) is 0 Å². The van der Waals surface area contributed by atoms with E-state index < -0.39 is 18.3 Å². The zero-order valence-corrected chi connectivity index (χ0v) is 23.4. The molecule has 0 saturated carbocycles. The lowest BCUT2D eigenvalue weighted by atomic mass is 9.74. The lowest BCUT2D eigenvalue weighted by Gasteiger charge is -2.32. The van der Waals surface area contributed by atoms with Crippen molar-refractivity contribution in [3.63, 3.8) is 0 Å². The number of aromatic nitrogens is 2. The van der Waals surface area contributed by atoms with E-state index in [0.717, 1.165) is 16.6 Å². The van der Waals surface area contributed by atoms with E-state index in [1.165, 1.54) is 0 Å². The maximum atomic E-state index is 6.49. The van der Waals surface area contributed by atoms with Crippen LogP contribution >= 0.6 is 0 Å². The molecule has 9 nitrogen and oxygen atoms in total. The van der Waals surface area contributed by atoms with Crippen LogP contribution in [0.15, 0.2) is 36.4 Å². The van der Waals surface area contributed by atoms with Gasteiger partial charge in [0.1, 0.15) is 23.0 Å². The Morgan fingerprint density at radius 2 is 1.13 bits per heavy atom. The predicted octanol–water partition coefficient (Wildman–Crippen LogP) is 3.57. The standard InChI is InChI=1S/C28H36BN3O6/c1-27(2)28(3,4)38-29(37-27)25-21(13-17-9-11-19(33-5)15-23(17)35-7)31-26(30)32-22(25)14-18-10-12-20(34-6)16-24(18)36-8/h9-12,15-16H,13-14H2,1-8H3,(H2,30,31,32). The monoisotopic (exact) mass is 521 g/mol. The number of nitrogens with zero attached hydrogens (tertiary/aromatic N) is 2. The number of hydrogen-bond acceptors (Lipinski definition) is 9. The first kappa shape index (κ1) is 27.5. The largest absolute Gasteiger partial charge is 0.498 e. The first-order valence-corrected chi connectivity index (χ1v) is 12.4. The minimum absolute atomic E-state index is 0.162. The van der Waals surface area contributed by atoms with Gasteiger partial charge in [0.05, 0.1) is 51.0 Å². The molecule has 0 atom stereocenters. The molecule has 1 fully saturated rings. The van der Waals surface area contributed by atoms with Gasteiger partial charge in [-0.25, -0.2) is 9.97 Å². The van der Waals surface area contributed by atoms with Crippen LogP contribution < -0.4 is 30.1 Å². The lowest BCUT2D eigenvalue weighted by Crippen LogP contribution is -2.41. The molecule has 10 heteroatoms. The molecule has 202 valence electrons. The van der Waals surface area contributed by atoms with Crippen LogP contribution in [0.1, 0.15) is 50.2 Å². The Kier molecular flexibility index (Phi) is 7.76. The first-order valence-electron chi connectivity index (χ1n) is 12.4. The average molecular weight is 521 g/mol. The molecule has 0 aliphatic carbocycles. The number of nitrogen functional groups attached to an aromatic ring is 1. The highest BCUT2D eigenvalue weighted by Crippen LogP contribution is 2.37. The summed E-state index contributed by atoms with van der Waals surface area (Å²) < 4.78 is 35.0. The molecule has 1 aliphatic heterocycles. The van der Waals surface area contributed by atoms with Gasteiger partial charge in [0.25, 0.3) is 0 Å². The van der Waals surface area contributed by atoms with E-state index in [1.54, 1.807) is 28.4 Å². The topological polar surface area (TPSA) is 107 Å². The summed E-state index contributed by atoms with van der Waals surface area (Å²) in [5.74, 6) is 2.92. The van der Waals surface area contributed by atoms with E-state index in [1.807, 2.05) is 64.1 Å². The van der Waals surface area contributed by atoms with Crippen molar-refractivity contribution < 1.29 is 28.3 Å². The van der Waals surface area contributed by atoms with E-state index in [9.17, 15) is 0 Å². The molecular weight excluding hydrogens is 485 g/mol. The Morgan fingerprint density at radius 3 is 1.50 bits per heavy atom. The summed E-state index contributed by atoms with van der Waals surface area (Å²) >= 11 is 0. The van der Waals surface area contributed by atoms with Crippen LogP contribution in [0, 0.1) is 0 Å². The van der Waals surface area contributed by atoms with Crippen molar-refractivity contribution in [3.05, 3.63) is 58.9 Å². The van der Waals surface area contributed by atoms with Crippen molar-refractivity contribution in [2.45, 2.75) is 51.7 Å². The number of benzene rings is 2. The second-order valence-electron chi connectivity index (χ2n) is 10.2. The minimum Gasteiger partial charge on any atom is -0.497 e. The molecule has 38 heavy (non-hydrogen) atoms. The van der Waals surface area contributed by atoms with E-state index in [4.69, 9.17) is 34.0 Å². The second kappa shape index (κ2) is 10.7. The normalized spacial score (nSPS) is 15.8. The van der Waals surface area contributed by atoms with Gasteiger partial charge in [-0.1, -0.05) is 12.1 Å². The molecule has 2 aromatic carbocycles. The van der Waals surface area contributed by atoms with Crippen molar-refractivity contribution in [2.75, 3.05) is 34.2 Å². The van der Waals surface area contributed by atoms with E-state index in [0.29, 0.717) is 47.2 Å². The molecule has 4 rings (SSSR count). The summed E-state index contributed by atoms with van der Waals surface area (Å²) in [5, 5.41) is 0. The zero-order valence-electron chi connectivity index (χ0n) is 23.4. The molecule has 0 unspecified atom stereocenters. The molecule has 0 radical (unpaired) electrons. The fraction of sp³-hybridized carbons (Fsp3) is 0.429. The van der Waals surface area contributed by atoms with Gasteiger partial charge in [-0.3, -0.25) is 0 Å². The van der Waals surface area contributed by atoms with Gasteiger partial charge >= 0.3 is 7.12 Å². The fourth-order valence-corrected chi connectivity index (χ4v) is 4.45. The van der Waals surface area contributed by atoms with Gasteiger partial charge in [0.15, 0.2) is 0 Å². The number of anilines is 1. The van der Waals surface area contributed by atoms with Crippen LogP contribution in [-0.4, -0.2) is 56.7 Å². The van der Waals surface area contributed by atoms with Gasteiger partial charge in [0.2, 0.25) is 5.95 Å². The van der Waals surface area contributed by atoms with E-state index in [-0.39, 0.29) is 5.95 Å². The van der Waals surface area contributed by atoms with E-state index >= 15 is 0 Å². The summed E-state index contributed by atoms with van der Waals surface area (Å²) in [7, 11) is 5.80. The summed E-state index contributed by atoms with van der Waals surface area (Å²) in [6, 6.07) is 11.4. The minimum atomic E-state index is -0.695. The summed E-state index contributed by atoms with van der Waals surface area (Å²) in [5.41, 5.74) is 9.13. The SMILES string of the molecule is COc1ccc(Cc2nc(N)nc(Cc3ccc(OC)cc3OC)c2B2OC(C)(C)C(C)(C)O2)c(OC)c1. The van der Waals surface area contributed by atoms with Crippen LogP contribution in [0.5, 0.6) is 23.0 Å². The highest BCUT2D eigenvalue weighted by atomic mass is 16.7. The zero-order chi connectivity index (χ0) is 27.7. The maximum absolute atomic E-state index is 6.49. The third kappa shape index (κ3) is 5.37. The molecule has 0 spiro atoms. The van der Waals surface area contributed by atoms with Gasteiger partial charge in [0, 0.05) is 41.6 Å². The van der Waals surface area contributed by atoms with Crippen LogP contribution in [0.2, 0.25) is 0 Å². The molecule has 2 heterocycles. The number of hydrogen-bond donors (Lipinski definition) is 1. The maximum Gasteiger partial charge on any atom is 0.498 e. The van der Waals surface area contributed by atoms with Crippen molar-refractivity contribution >= 4 is 18.5 Å². The molecule has 1 aliphatic rings. The predicted molar refractivity (Wildman–Crippen MR) is 147 cm³/mol. The molecular formula is C28H36BN3O6. The Labute approximate surface area is 224 Å². The Balaban J connectivity index is 1.85. The van der Waals surface area contributed by atoms with Crippen molar-refractivity contribution in [1.82, 2.24) is 9.97 Å². The van der Waals surface area contributed by atoms with Crippen LogP contribution in [0.25, 0.3) is 0 Å². The van der Waals surface area contributed by atoms with Crippen molar-refractivity contribution in [1.29, 1.82) is 0 Å². The average Bonchev–Trinajstić information content (AvgIpc) is 3.10. The Bertz CT molecular complexity index is 1220. The smallest absolute Gasteiger partial charge is 0.497 e. The molecule has 0 bridgehead atoms. The Hall–Kier alpha value is -3.50. The fourth-order valence-electron chi connectivity index (χ4n) is 4.45. The van der Waals surface area contributed by atoms with Crippen LogP contribution in [0.4, 0.5) is 5.95 Å². The van der Waals surface area contributed by atoms with Gasteiger partial charge < -0.3 is 34.0 Å². The third-order valence-electron chi connectivity index (χ3n) is 7.31. The van der Waals surface area contributed by atoms with Gasteiger partial charge in [-0.2, -0.15) is 0 Å². The molecule has 3 aromatic rings. The molecule has 1 saturated heterocycles. The molecule has 2 N–H and O–H groups in total. The van der Waals surface area contributed by atoms with Crippen molar-refractivity contribution in [3.8, 4) is 23.0 Å². The second-order valence-corrected chi connectivity index (χ2v) is 10.2. The van der Waals surface area contributed by atoms with E-state index in [2.05, 4.69) is 9.97 Å². The first-order chi connectivity index (χ1) is 18.0. The Morgan fingerprint density at radius 1 is 0.711 bits per heavy atom.